The third kappa shape index (κ3) is 0.872. The molecule has 0 saturated carbocycles. The van der Waals surface area contributed by atoms with Crippen molar-refractivity contribution in [1.29, 1.82) is 0 Å². The third-order valence-electron chi connectivity index (χ3n) is 0.767. The molecule has 2 N–H and O–H groups in total. The van der Waals surface area contributed by atoms with Gasteiger partial charge in [0.1, 0.15) is 0 Å². The molecule has 8 heavy (non-hydrogen) atoms. The SMILES string of the molecule is NN=Cc1ccoc1. The summed E-state index contributed by atoms with van der Waals surface area (Å²) in [6.07, 6.45) is 4.65. The van der Waals surface area contributed by atoms with Crippen molar-refractivity contribution >= 4 is 6.21 Å². The zero-order valence-corrected chi connectivity index (χ0v) is 4.24. The number of rotatable bonds is 1. The first-order chi connectivity index (χ1) is 3.93. The summed E-state index contributed by atoms with van der Waals surface area (Å²) >= 11 is 0. The van der Waals surface area contributed by atoms with Gasteiger partial charge in [-0.3, -0.25) is 0 Å². The molecule has 1 aromatic rings. The third-order valence-corrected chi connectivity index (χ3v) is 0.767. The molecule has 0 aromatic carbocycles. The highest BCUT2D eigenvalue weighted by molar-refractivity contribution is 5.78. The lowest BCUT2D eigenvalue weighted by Gasteiger charge is -1.73. The molecule has 1 heterocycles. The van der Waals surface area contributed by atoms with Crippen molar-refractivity contribution in [2.24, 2.45) is 10.9 Å². The van der Waals surface area contributed by atoms with Gasteiger partial charge in [-0.1, -0.05) is 0 Å². The minimum atomic E-state index is 0.882. The highest BCUT2D eigenvalue weighted by Crippen LogP contribution is 1.93. The maximum atomic E-state index is 4.85. The molecular formula is C5H6N2O. The Balaban J connectivity index is 2.77. The van der Waals surface area contributed by atoms with Crippen molar-refractivity contribution < 1.29 is 4.42 Å². The monoisotopic (exact) mass is 110 g/mol. The van der Waals surface area contributed by atoms with Gasteiger partial charge in [-0.15, -0.1) is 0 Å². The standard InChI is InChI=1S/C5H6N2O/c6-7-3-5-1-2-8-4-5/h1-4H,6H2. The van der Waals surface area contributed by atoms with Crippen molar-refractivity contribution in [3.63, 3.8) is 0 Å². The van der Waals surface area contributed by atoms with E-state index in [4.69, 9.17) is 10.3 Å². The molecule has 0 aliphatic carbocycles. The van der Waals surface area contributed by atoms with Crippen LogP contribution in [0.1, 0.15) is 5.56 Å². The van der Waals surface area contributed by atoms with Crippen LogP contribution in [0.2, 0.25) is 0 Å². The van der Waals surface area contributed by atoms with E-state index in [1.807, 2.05) is 0 Å². The van der Waals surface area contributed by atoms with Crippen LogP contribution in [0.5, 0.6) is 0 Å². The molecule has 0 fully saturated rings. The summed E-state index contributed by atoms with van der Waals surface area (Å²) in [6, 6.07) is 1.77. The van der Waals surface area contributed by atoms with Gasteiger partial charge in [-0.2, -0.15) is 5.10 Å². The molecular weight excluding hydrogens is 104 g/mol. The van der Waals surface area contributed by atoms with Crippen LogP contribution in [0, 0.1) is 0 Å². The molecule has 1 aromatic heterocycles. The molecule has 0 aliphatic rings. The highest BCUT2D eigenvalue weighted by atomic mass is 16.3. The zero-order valence-electron chi connectivity index (χ0n) is 4.24. The second-order valence-electron chi connectivity index (χ2n) is 1.33. The van der Waals surface area contributed by atoms with E-state index in [0.717, 1.165) is 5.56 Å². The van der Waals surface area contributed by atoms with E-state index in [-0.39, 0.29) is 0 Å². The van der Waals surface area contributed by atoms with Crippen molar-refractivity contribution in [1.82, 2.24) is 0 Å². The zero-order chi connectivity index (χ0) is 5.82. The molecule has 0 atom stereocenters. The van der Waals surface area contributed by atoms with Crippen molar-refractivity contribution in [3.05, 3.63) is 24.2 Å². The molecule has 0 aliphatic heterocycles. The fraction of sp³-hybridized carbons (Fsp3) is 0. The van der Waals surface area contributed by atoms with E-state index < -0.39 is 0 Å². The Morgan fingerprint density at radius 2 is 2.62 bits per heavy atom. The molecule has 0 radical (unpaired) electrons. The summed E-state index contributed by atoms with van der Waals surface area (Å²) in [5, 5.41) is 3.29. The summed E-state index contributed by atoms with van der Waals surface area (Å²) in [6.45, 7) is 0. The maximum Gasteiger partial charge on any atom is 0.0991 e. The first-order valence-electron chi connectivity index (χ1n) is 2.19. The number of hydrogen-bond acceptors (Lipinski definition) is 3. The van der Waals surface area contributed by atoms with Gasteiger partial charge in [0.15, 0.2) is 0 Å². The Morgan fingerprint density at radius 3 is 3.12 bits per heavy atom. The van der Waals surface area contributed by atoms with Crippen LogP contribution in [0.4, 0.5) is 0 Å². The predicted molar refractivity (Wildman–Crippen MR) is 30.5 cm³/mol. The van der Waals surface area contributed by atoms with E-state index in [1.54, 1.807) is 18.6 Å². The van der Waals surface area contributed by atoms with E-state index >= 15 is 0 Å². The van der Waals surface area contributed by atoms with Crippen LogP contribution in [-0.2, 0) is 0 Å². The van der Waals surface area contributed by atoms with Crippen LogP contribution >= 0.6 is 0 Å². The topological polar surface area (TPSA) is 51.5 Å². The average molecular weight is 110 g/mol. The largest absolute Gasteiger partial charge is 0.472 e. The molecule has 0 unspecified atom stereocenters. The highest BCUT2D eigenvalue weighted by Gasteiger charge is 1.83. The van der Waals surface area contributed by atoms with Crippen LogP contribution in [-0.4, -0.2) is 6.21 Å². The van der Waals surface area contributed by atoms with Gasteiger partial charge in [0.2, 0.25) is 0 Å². The predicted octanol–water partition coefficient (Wildman–Crippen LogP) is 0.572. The Bertz CT molecular complexity index is 167. The van der Waals surface area contributed by atoms with Gasteiger partial charge in [0.05, 0.1) is 18.7 Å². The lowest BCUT2D eigenvalue weighted by Crippen LogP contribution is -1.81. The van der Waals surface area contributed by atoms with Gasteiger partial charge in [-0.25, -0.2) is 0 Å². The lowest BCUT2D eigenvalue weighted by molar-refractivity contribution is 0.567. The molecule has 0 bridgehead atoms. The number of hydrogen-bond donors (Lipinski definition) is 1. The number of nitrogens with two attached hydrogens (primary N) is 1. The fourth-order valence-corrected chi connectivity index (χ4v) is 0.435. The Hall–Kier alpha value is -1.25. The van der Waals surface area contributed by atoms with Gasteiger partial charge in [-0.05, 0) is 6.07 Å². The van der Waals surface area contributed by atoms with Crippen molar-refractivity contribution in [2.45, 2.75) is 0 Å². The molecule has 0 spiro atoms. The molecule has 42 valence electrons. The van der Waals surface area contributed by atoms with Crippen molar-refractivity contribution in [2.75, 3.05) is 0 Å². The van der Waals surface area contributed by atoms with Crippen molar-refractivity contribution in [3.8, 4) is 0 Å². The smallest absolute Gasteiger partial charge is 0.0991 e. The van der Waals surface area contributed by atoms with Crippen LogP contribution in [0.15, 0.2) is 28.1 Å². The normalized spacial score (nSPS) is 10.5. The minimum absolute atomic E-state index is 0.882. The average Bonchev–Trinajstić information content (AvgIpc) is 2.19. The molecule has 0 amide bonds. The van der Waals surface area contributed by atoms with Gasteiger partial charge >= 0.3 is 0 Å². The van der Waals surface area contributed by atoms with Gasteiger partial charge < -0.3 is 10.3 Å². The summed E-state index contributed by atoms with van der Waals surface area (Å²) in [5.74, 6) is 4.85. The molecule has 3 heteroatoms. The first-order valence-corrected chi connectivity index (χ1v) is 2.19. The number of hydrazone groups is 1. The Morgan fingerprint density at radius 1 is 1.75 bits per heavy atom. The second-order valence-corrected chi connectivity index (χ2v) is 1.33. The molecule has 1 rings (SSSR count). The van der Waals surface area contributed by atoms with E-state index in [9.17, 15) is 0 Å². The Kier molecular flexibility index (Phi) is 1.32. The Labute approximate surface area is 46.8 Å². The summed E-state index contributed by atoms with van der Waals surface area (Å²) < 4.78 is 4.72. The first kappa shape index (κ1) is 4.90. The summed E-state index contributed by atoms with van der Waals surface area (Å²) in [4.78, 5) is 0. The van der Waals surface area contributed by atoms with Gasteiger partial charge in [0, 0.05) is 5.56 Å². The second kappa shape index (κ2) is 2.16. The molecule has 0 saturated heterocycles. The van der Waals surface area contributed by atoms with Gasteiger partial charge in [0.25, 0.3) is 0 Å². The van der Waals surface area contributed by atoms with E-state index in [2.05, 4.69) is 5.10 Å². The summed E-state index contributed by atoms with van der Waals surface area (Å²) in [7, 11) is 0. The quantitative estimate of drug-likeness (QED) is 0.326. The molecule has 3 nitrogen and oxygen atoms in total. The van der Waals surface area contributed by atoms with Crippen LogP contribution in [0.3, 0.4) is 0 Å². The van der Waals surface area contributed by atoms with Crippen LogP contribution < -0.4 is 5.84 Å². The number of nitrogens with zero attached hydrogens (tertiary/aromatic N) is 1. The fourth-order valence-electron chi connectivity index (χ4n) is 0.435. The maximum absolute atomic E-state index is 4.85. The van der Waals surface area contributed by atoms with E-state index in [0.29, 0.717) is 0 Å². The minimum Gasteiger partial charge on any atom is -0.472 e. The lowest BCUT2D eigenvalue weighted by atomic mass is 10.4. The summed E-state index contributed by atoms with van der Waals surface area (Å²) in [5.41, 5.74) is 0.882. The number of furan rings is 1. The van der Waals surface area contributed by atoms with Crippen LogP contribution in [0.25, 0.3) is 0 Å². The van der Waals surface area contributed by atoms with E-state index in [1.165, 1.54) is 6.21 Å².